The number of benzene rings is 6. The molecular weight excluding hydrogens is 653 g/mol. The van der Waals surface area contributed by atoms with Gasteiger partial charge in [-0.3, -0.25) is 0 Å². The minimum absolute atomic E-state index is 1.14. The van der Waals surface area contributed by atoms with Crippen LogP contribution in [0.3, 0.4) is 0 Å². The van der Waals surface area contributed by atoms with Crippen molar-refractivity contribution in [2.24, 2.45) is 0 Å². The molecule has 0 amide bonds. The van der Waals surface area contributed by atoms with Gasteiger partial charge in [-0.1, -0.05) is 97.1 Å². The monoisotopic (exact) mass is 682 g/mol. The Hall–Kier alpha value is -5.46. The fourth-order valence-corrected chi connectivity index (χ4v) is 10.6. The fraction of sp³-hybridized carbons (Fsp3) is 0. The summed E-state index contributed by atoms with van der Waals surface area (Å²) in [5, 5.41) is 4.66. The van der Waals surface area contributed by atoms with Gasteiger partial charge in [0, 0.05) is 56.0 Å². The first-order valence-corrected chi connectivity index (χ1v) is 18.8. The molecule has 49 heavy (non-hydrogen) atoms. The van der Waals surface area contributed by atoms with Crippen molar-refractivity contribution in [1.82, 2.24) is 0 Å². The average Bonchev–Trinajstić information content (AvgIpc) is 3.87. The maximum absolute atomic E-state index is 2.33. The summed E-state index contributed by atoms with van der Waals surface area (Å²) in [7, 11) is 0. The Balaban J connectivity index is 1.05. The number of anilines is 6. The van der Waals surface area contributed by atoms with E-state index in [2.05, 4.69) is 190 Å². The second-order valence-electron chi connectivity index (χ2n) is 11.8. The molecule has 234 valence electrons. The molecule has 0 saturated heterocycles. The topological polar surface area (TPSA) is 6.48 Å². The molecule has 0 radical (unpaired) electrons. The summed E-state index contributed by atoms with van der Waals surface area (Å²) in [4.78, 5) is 4.62. The van der Waals surface area contributed by atoms with Crippen molar-refractivity contribution < 1.29 is 0 Å². The van der Waals surface area contributed by atoms with E-state index < -0.39 is 0 Å². The summed E-state index contributed by atoms with van der Waals surface area (Å²) in [5.74, 6) is 0. The van der Waals surface area contributed by atoms with Crippen LogP contribution in [-0.4, -0.2) is 0 Å². The van der Waals surface area contributed by atoms with Gasteiger partial charge in [-0.25, -0.2) is 0 Å². The second-order valence-corrected chi connectivity index (χ2v) is 14.6. The van der Waals surface area contributed by atoms with E-state index in [4.69, 9.17) is 0 Å². The van der Waals surface area contributed by atoms with Crippen LogP contribution in [0.15, 0.2) is 181 Å². The molecular formula is C44H30N2S3. The van der Waals surface area contributed by atoms with Crippen LogP contribution in [0.1, 0.15) is 0 Å². The number of fused-ring (bicyclic) bond motifs is 3. The Morgan fingerprint density at radius 2 is 0.571 bits per heavy atom. The summed E-state index contributed by atoms with van der Waals surface area (Å²) in [6.45, 7) is 0. The van der Waals surface area contributed by atoms with Gasteiger partial charge < -0.3 is 9.80 Å². The number of hydrogen-bond donors (Lipinski definition) is 0. The van der Waals surface area contributed by atoms with Gasteiger partial charge in [0.15, 0.2) is 0 Å². The Morgan fingerprint density at radius 1 is 0.286 bits per heavy atom. The van der Waals surface area contributed by atoms with Gasteiger partial charge in [0.05, 0.1) is 18.8 Å². The highest BCUT2D eigenvalue weighted by molar-refractivity contribution is 7.38. The summed E-state index contributed by atoms with van der Waals surface area (Å²) < 4.78 is 5.53. The predicted octanol–water partition coefficient (Wildman–Crippen LogP) is 14.5. The molecule has 0 N–H and O–H groups in total. The number of para-hydroxylation sites is 4. The highest BCUT2D eigenvalue weighted by Crippen LogP contribution is 2.50. The normalized spacial score (nSPS) is 11.3. The van der Waals surface area contributed by atoms with Crippen molar-refractivity contribution >= 4 is 86.9 Å². The molecule has 0 atom stereocenters. The highest BCUT2D eigenvalue weighted by atomic mass is 32.1. The van der Waals surface area contributed by atoms with E-state index in [9.17, 15) is 0 Å². The minimum Gasteiger partial charge on any atom is -0.311 e. The van der Waals surface area contributed by atoms with Crippen LogP contribution in [0.25, 0.3) is 41.1 Å². The first kappa shape index (κ1) is 29.7. The van der Waals surface area contributed by atoms with Gasteiger partial charge in [0.25, 0.3) is 0 Å². The average molecular weight is 683 g/mol. The molecule has 0 fully saturated rings. The molecule has 0 aliphatic carbocycles. The maximum atomic E-state index is 2.33. The van der Waals surface area contributed by atoms with E-state index in [1.807, 2.05) is 34.0 Å². The summed E-state index contributed by atoms with van der Waals surface area (Å²) in [6, 6.07) is 60.4. The van der Waals surface area contributed by atoms with Crippen molar-refractivity contribution in [1.29, 1.82) is 0 Å². The molecule has 9 rings (SSSR count). The van der Waals surface area contributed by atoms with Gasteiger partial charge in [-0.2, -0.15) is 0 Å². The lowest BCUT2D eigenvalue weighted by Crippen LogP contribution is -2.09. The first-order chi connectivity index (χ1) is 24.3. The van der Waals surface area contributed by atoms with Gasteiger partial charge in [0.1, 0.15) is 0 Å². The zero-order chi connectivity index (χ0) is 32.6. The molecule has 0 saturated carbocycles. The van der Waals surface area contributed by atoms with E-state index in [1.54, 1.807) is 0 Å². The molecule has 5 heteroatoms. The SMILES string of the molecule is c1ccc(N(c2ccccc2)c2ccc(-c3csc4c3sc3c(-c5ccc(N(c6ccccc6)c6ccccc6)cc5)csc34)cc2)cc1. The van der Waals surface area contributed by atoms with Crippen LogP contribution in [0, 0.1) is 0 Å². The molecule has 3 aromatic heterocycles. The quantitative estimate of drug-likeness (QED) is 0.157. The number of nitrogens with zero attached hydrogens (tertiary/aromatic N) is 2. The third-order valence-electron chi connectivity index (χ3n) is 8.83. The van der Waals surface area contributed by atoms with Crippen LogP contribution in [0.2, 0.25) is 0 Å². The maximum Gasteiger partial charge on any atom is 0.0636 e. The number of thiophene rings is 3. The number of hydrogen-bond acceptors (Lipinski definition) is 5. The van der Waals surface area contributed by atoms with Gasteiger partial charge in [0.2, 0.25) is 0 Å². The molecule has 0 spiro atoms. The van der Waals surface area contributed by atoms with Gasteiger partial charge in [-0.05, 0) is 83.9 Å². The molecule has 0 aliphatic rings. The van der Waals surface area contributed by atoms with Gasteiger partial charge in [-0.15, -0.1) is 34.0 Å². The van der Waals surface area contributed by atoms with Crippen molar-refractivity contribution in [3.8, 4) is 22.3 Å². The lowest BCUT2D eigenvalue weighted by atomic mass is 10.1. The van der Waals surface area contributed by atoms with Crippen molar-refractivity contribution in [2.45, 2.75) is 0 Å². The van der Waals surface area contributed by atoms with E-state index >= 15 is 0 Å². The van der Waals surface area contributed by atoms with E-state index in [0.717, 1.165) is 34.1 Å². The zero-order valence-corrected chi connectivity index (χ0v) is 28.9. The molecule has 6 aromatic carbocycles. The van der Waals surface area contributed by atoms with E-state index in [0.29, 0.717) is 0 Å². The molecule has 0 aliphatic heterocycles. The summed E-state index contributed by atoms with van der Waals surface area (Å²) in [5.41, 5.74) is 12.0. The summed E-state index contributed by atoms with van der Waals surface area (Å²) in [6.07, 6.45) is 0. The van der Waals surface area contributed by atoms with Crippen LogP contribution in [0.5, 0.6) is 0 Å². The second kappa shape index (κ2) is 12.9. The predicted molar refractivity (Wildman–Crippen MR) is 215 cm³/mol. The zero-order valence-electron chi connectivity index (χ0n) is 26.4. The fourth-order valence-electron chi connectivity index (χ4n) is 6.49. The van der Waals surface area contributed by atoms with E-state index in [1.165, 1.54) is 41.1 Å². The van der Waals surface area contributed by atoms with Crippen LogP contribution in [0.4, 0.5) is 34.1 Å². The van der Waals surface area contributed by atoms with Crippen LogP contribution >= 0.6 is 34.0 Å². The molecule has 3 heterocycles. The first-order valence-electron chi connectivity index (χ1n) is 16.2. The number of rotatable bonds is 8. The standard InChI is InChI=1S/C44H30N2S3/c1-5-13-33(14-6-1)45(34-15-7-2-8-16-34)37-25-21-31(22-26-37)39-29-47-43-41(39)49-42-40(30-48-44(42)43)32-23-27-38(28-24-32)46(35-17-9-3-10-18-35)36-19-11-4-12-20-36/h1-30H. The van der Waals surface area contributed by atoms with E-state index in [-0.39, 0.29) is 0 Å². The largest absolute Gasteiger partial charge is 0.311 e. The lowest BCUT2D eigenvalue weighted by molar-refractivity contribution is 1.28. The molecule has 0 bridgehead atoms. The molecule has 9 aromatic rings. The van der Waals surface area contributed by atoms with Crippen LogP contribution in [-0.2, 0) is 0 Å². The molecule has 2 nitrogen and oxygen atoms in total. The van der Waals surface area contributed by atoms with Gasteiger partial charge >= 0.3 is 0 Å². The lowest BCUT2D eigenvalue weighted by Gasteiger charge is -2.25. The highest BCUT2D eigenvalue weighted by Gasteiger charge is 2.19. The molecule has 0 unspecified atom stereocenters. The van der Waals surface area contributed by atoms with Crippen molar-refractivity contribution in [2.75, 3.05) is 9.80 Å². The summed E-state index contributed by atoms with van der Waals surface area (Å²) >= 11 is 5.65. The minimum atomic E-state index is 1.14. The Morgan fingerprint density at radius 3 is 0.878 bits per heavy atom. The third-order valence-corrected chi connectivity index (χ3v) is 12.5. The third kappa shape index (κ3) is 5.52. The van der Waals surface area contributed by atoms with Crippen molar-refractivity contribution in [3.05, 3.63) is 181 Å². The Bertz CT molecular complexity index is 2210. The van der Waals surface area contributed by atoms with Crippen LogP contribution < -0.4 is 9.80 Å². The Labute approximate surface area is 298 Å². The smallest absolute Gasteiger partial charge is 0.0636 e. The van der Waals surface area contributed by atoms with Crippen molar-refractivity contribution in [3.63, 3.8) is 0 Å². The Kier molecular flexibility index (Phi) is 7.79.